The highest BCUT2D eigenvalue weighted by atomic mass is 32.2. The van der Waals surface area contributed by atoms with E-state index in [-0.39, 0.29) is 17.3 Å². The number of thioether (sulfide) groups is 1. The predicted molar refractivity (Wildman–Crippen MR) is 106 cm³/mol. The van der Waals surface area contributed by atoms with E-state index >= 15 is 0 Å². The number of nitrogens with zero attached hydrogens (tertiary/aromatic N) is 3. The van der Waals surface area contributed by atoms with Gasteiger partial charge in [0.25, 0.3) is 0 Å². The molecule has 7 heteroatoms. The zero-order valence-electron chi connectivity index (χ0n) is 16.1. The Bertz CT molecular complexity index is 1020. The molecule has 0 radical (unpaired) electrons. The number of rotatable bonds is 6. The first kappa shape index (κ1) is 19.1. The first-order valence-electron chi connectivity index (χ1n) is 8.64. The number of H-pyrrole nitrogens is 1. The Balaban J connectivity index is 1.82. The van der Waals surface area contributed by atoms with Gasteiger partial charge in [-0.25, -0.2) is 0 Å². The molecule has 3 aromatic rings. The molecule has 2 aromatic heterocycles. The molecule has 2 heterocycles. The van der Waals surface area contributed by atoms with Crippen LogP contribution in [0.1, 0.15) is 50.4 Å². The van der Waals surface area contributed by atoms with Crippen LogP contribution in [-0.2, 0) is 0 Å². The largest absolute Gasteiger partial charge is 0.355 e. The SMILES string of the molecule is CC(=O)c1c(C)[nH]c(C(=O)CSc2nnc(C)n2-c2ccc(C)cc2)c1C. The second-order valence-electron chi connectivity index (χ2n) is 6.59. The molecule has 0 spiro atoms. The maximum Gasteiger partial charge on any atom is 0.196 e. The molecule has 0 fully saturated rings. The third kappa shape index (κ3) is 3.73. The number of Topliss-reactive ketones (excluding diaryl/α,β-unsaturated/α-hetero) is 2. The summed E-state index contributed by atoms with van der Waals surface area (Å²) in [6.07, 6.45) is 0. The fourth-order valence-corrected chi connectivity index (χ4v) is 4.06. The van der Waals surface area contributed by atoms with Crippen molar-refractivity contribution in [1.29, 1.82) is 0 Å². The fraction of sp³-hybridized carbons (Fsp3) is 0.300. The Morgan fingerprint density at radius 1 is 1.07 bits per heavy atom. The van der Waals surface area contributed by atoms with Crippen molar-refractivity contribution >= 4 is 23.3 Å². The Morgan fingerprint density at radius 3 is 2.33 bits per heavy atom. The maximum atomic E-state index is 12.7. The standard InChI is InChI=1S/C20H22N4O2S/c1-11-6-8-16(9-7-11)24-15(5)22-23-20(24)27-10-17(26)19-12(2)18(14(4)25)13(3)21-19/h6-9,21H,10H2,1-5H3. The average Bonchev–Trinajstić information content (AvgIpc) is 3.13. The lowest BCUT2D eigenvalue weighted by Gasteiger charge is -2.08. The normalized spacial score (nSPS) is 11.0. The molecule has 27 heavy (non-hydrogen) atoms. The van der Waals surface area contributed by atoms with Crippen LogP contribution in [0.15, 0.2) is 29.4 Å². The number of carbonyl (C=O) groups is 2. The van der Waals surface area contributed by atoms with Gasteiger partial charge in [0.2, 0.25) is 0 Å². The molecule has 0 saturated carbocycles. The predicted octanol–water partition coefficient (Wildman–Crippen LogP) is 4.01. The van der Waals surface area contributed by atoms with Crippen molar-refractivity contribution in [2.24, 2.45) is 0 Å². The second kappa shape index (κ2) is 7.52. The maximum absolute atomic E-state index is 12.7. The minimum Gasteiger partial charge on any atom is -0.355 e. The molecular weight excluding hydrogens is 360 g/mol. The van der Waals surface area contributed by atoms with E-state index in [2.05, 4.69) is 15.2 Å². The Labute approximate surface area is 162 Å². The molecule has 6 nitrogen and oxygen atoms in total. The summed E-state index contributed by atoms with van der Waals surface area (Å²) in [6, 6.07) is 8.08. The van der Waals surface area contributed by atoms with E-state index < -0.39 is 0 Å². The Morgan fingerprint density at radius 2 is 1.74 bits per heavy atom. The van der Waals surface area contributed by atoms with Gasteiger partial charge in [-0.15, -0.1) is 10.2 Å². The van der Waals surface area contributed by atoms with Crippen molar-refractivity contribution in [3.05, 3.63) is 58.2 Å². The van der Waals surface area contributed by atoms with Crippen LogP contribution in [0.5, 0.6) is 0 Å². The number of ketones is 2. The van der Waals surface area contributed by atoms with Gasteiger partial charge in [0.1, 0.15) is 5.82 Å². The molecule has 0 aliphatic carbocycles. The lowest BCUT2D eigenvalue weighted by atomic mass is 10.1. The van der Waals surface area contributed by atoms with Gasteiger partial charge >= 0.3 is 0 Å². The number of nitrogens with one attached hydrogen (secondary N) is 1. The highest BCUT2D eigenvalue weighted by molar-refractivity contribution is 7.99. The van der Waals surface area contributed by atoms with Crippen molar-refractivity contribution in [2.75, 3.05) is 5.75 Å². The molecule has 0 aliphatic heterocycles. The van der Waals surface area contributed by atoms with Gasteiger partial charge in [-0.1, -0.05) is 29.5 Å². The van der Waals surface area contributed by atoms with E-state index in [0.29, 0.717) is 22.0 Å². The van der Waals surface area contributed by atoms with Crippen LogP contribution >= 0.6 is 11.8 Å². The van der Waals surface area contributed by atoms with E-state index in [1.165, 1.54) is 24.2 Å². The smallest absolute Gasteiger partial charge is 0.196 e. The summed E-state index contributed by atoms with van der Waals surface area (Å²) in [5.41, 5.74) is 4.66. The number of benzene rings is 1. The molecule has 0 amide bonds. The van der Waals surface area contributed by atoms with Gasteiger partial charge in [-0.2, -0.15) is 0 Å². The van der Waals surface area contributed by atoms with Crippen LogP contribution in [0.4, 0.5) is 0 Å². The van der Waals surface area contributed by atoms with E-state index in [1.54, 1.807) is 6.92 Å². The topological polar surface area (TPSA) is 80.6 Å². The van der Waals surface area contributed by atoms with Gasteiger partial charge in [0, 0.05) is 16.9 Å². The Kier molecular flexibility index (Phi) is 5.32. The van der Waals surface area contributed by atoms with Gasteiger partial charge < -0.3 is 4.98 Å². The molecule has 0 aliphatic rings. The minimum absolute atomic E-state index is 0.0392. The molecule has 0 unspecified atom stereocenters. The molecule has 0 saturated heterocycles. The second-order valence-corrected chi connectivity index (χ2v) is 7.54. The Hall–Kier alpha value is -2.67. The zero-order chi connectivity index (χ0) is 19.7. The monoisotopic (exact) mass is 382 g/mol. The molecule has 140 valence electrons. The number of aryl methyl sites for hydroxylation is 3. The molecule has 0 atom stereocenters. The van der Waals surface area contributed by atoms with Gasteiger partial charge in [0.15, 0.2) is 16.7 Å². The van der Waals surface area contributed by atoms with Crippen LogP contribution < -0.4 is 0 Å². The number of carbonyl (C=O) groups excluding carboxylic acids is 2. The number of hydrogen-bond donors (Lipinski definition) is 1. The zero-order valence-corrected chi connectivity index (χ0v) is 16.9. The van der Waals surface area contributed by atoms with Crippen molar-refractivity contribution in [2.45, 2.75) is 39.8 Å². The van der Waals surface area contributed by atoms with Crippen LogP contribution in [0.2, 0.25) is 0 Å². The minimum atomic E-state index is -0.0655. The fourth-order valence-electron chi connectivity index (χ4n) is 3.19. The van der Waals surface area contributed by atoms with Crippen LogP contribution in [0.3, 0.4) is 0 Å². The number of aromatic amines is 1. The number of aromatic nitrogens is 4. The van der Waals surface area contributed by atoms with E-state index in [1.807, 2.05) is 49.6 Å². The van der Waals surface area contributed by atoms with Gasteiger partial charge in [-0.3, -0.25) is 14.2 Å². The van der Waals surface area contributed by atoms with Crippen molar-refractivity contribution in [1.82, 2.24) is 19.7 Å². The van der Waals surface area contributed by atoms with Gasteiger partial charge in [0.05, 0.1) is 11.4 Å². The van der Waals surface area contributed by atoms with Crippen LogP contribution in [0, 0.1) is 27.7 Å². The quantitative estimate of drug-likeness (QED) is 0.515. The van der Waals surface area contributed by atoms with Crippen LogP contribution in [0.25, 0.3) is 5.69 Å². The van der Waals surface area contributed by atoms with Gasteiger partial charge in [-0.05, 0) is 52.3 Å². The first-order valence-corrected chi connectivity index (χ1v) is 9.63. The highest BCUT2D eigenvalue weighted by Crippen LogP contribution is 2.25. The van der Waals surface area contributed by atoms with Crippen molar-refractivity contribution in [3.63, 3.8) is 0 Å². The number of hydrogen-bond acceptors (Lipinski definition) is 5. The van der Waals surface area contributed by atoms with E-state index in [4.69, 9.17) is 0 Å². The average molecular weight is 382 g/mol. The summed E-state index contributed by atoms with van der Waals surface area (Å²) in [5.74, 6) is 0.869. The summed E-state index contributed by atoms with van der Waals surface area (Å²) in [7, 11) is 0. The highest BCUT2D eigenvalue weighted by Gasteiger charge is 2.21. The summed E-state index contributed by atoms with van der Waals surface area (Å²) in [6.45, 7) is 9.05. The summed E-state index contributed by atoms with van der Waals surface area (Å²) in [4.78, 5) is 27.5. The van der Waals surface area contributed by atoms with E-state index in [0.717, 1.165) is 17.2 Å². The molecule has 0 bridgehead atoms. The lowest BCUT2D eigenvalue weighted by Crippen LogP contribution is -2.07. The van der Waals surface area contributed by atoms with Crippen molar-refractivity contribution in [3.8, 4) is 5.69 Å². The molecular formula is C20H22N4O2S. The summed E-state index contributed by atoms with van der Waals surface area (Å²) in [5, 5.41) is 9.03. The first-order chi connectivity index (χ1) is 12.8. The van der Waals surface area contributed by atoms with Crippen molar-refractivity contribution < 1.29 is 9.59 Å². The summed E-state index contributed by atoms with van der Waals surface area (Å²) >= 11 is 1.34. The van der Waals surface area contributed by atoms with Crippen LogP contribution in [-0.4, -0.2) is 37.1 Å². The molecule has 3 rings (SSSR count). The lowest BCUT2D eigenvalue weighted by molar-refractivity contribution is 0.101. The third-order valence-electron chi connectivity index (χ3n) is 4.49. The third-order valence-corrected chi connectivity index (χ3v) is 5.42. The molecule has 1 aromatic carbocycles. The van der Waals surface area contributed by atoms with E-state index in [9.17, 15) is 9.59 Å². The molecule has 1 N–H and O–H groups in total. The summed E-state index contributed by atoms with van der Waals surface area (Å²) < 4.78 is 1.94.